The zero-order chi connectivity index (χ0) is 14.7. The average molecular weight is 305 g/mol. The van der Waals surface area contributed by atoms with E-state index in [2.05, 4.69) is 15.5 Å². The first-order valence-corrected chi connectivity index (χ1v) is 6.84. The largest absolute Gasteiger partial charge is 0.463 e. The van der Waals surface area contributed by atoms with E-state index in [1.165, 1.54) is 29.7 Å². The summed E-state index contributed by atoms with van der Waals surface area (Å²) in [6.07, 6.45) is 3.04. The minimum absolute atomic E-state index is 0.246. The van der Waals surface area contributed by atoms with Gasteiger partial charge in [0.25, 0.3) is 0 Å². The summed E-state index contributed by atoms with van der Waals surface area (Å²) in [5.74, 6) is -0.664. The van der Waals surface area contributed by atoms with E-state index in [1.54, 1.807) is 23.8 Å². The van der Waals surface area contributed by atoms with E-state index < -0.39 is 11.6 Å². The zero-order valence-electron chi connectivity index (χ0n) is 10.6. The lowest BCUT2D eigenvalue weighted by Crippen LogP contribution is -1.90. The highest BCUT2D eigenvalue weighted by molar-refractivity contribution is 7.14. The Morgan fingerprint density at radius 2 is 2.19 bits per heavy atom. The Balaban J connectivity index is 1.74. The number of benzene rings is 1. The number of halogens is 2. The highest BCUT2D eigenvalue weighted by Gasteiger charge is 2.10. The van der Waals surface area contributed by atoms with Crippen LogP contribution in [0.2, 0.25) is 0 Å². The molecule has 3 rings (SSSR count). The van der Waals surface area contributed by atoms with Crippen molar-refractivity contribution in [1.29, 1.82) is 0 Å². The van der Waals surface area contributed by atoms with E-state index in [-0.39, 0.29) is 5.56 Å². The van der Waals surface area contributed by atoms with E-state index in [0.717, 1.165) is 6.07 Å². The normalized spacial score (nSPS) is 11.1. The van der Waals surface area contributed by atoms with Crippen LogP contribution < -0.4 is 5.43 Å². The van der Waals surface area contributed by atoms with Crippen LogP contribution in [-0.4, -0.2) is 11.2 Å². The molecule has 0 aliphatic rings. The van der Waals surface area contributed by atoms with Crippen LogP contribution >= 0.6 is 11.3 Å². The van der Waals surface area contributed by atoms with Crippen LogP contribution in [0.1, 0.15) is 5.76 Å². The number of hydrogen-bond donors (Lipinski definition) is 1. The molecule has 0 amide bonds. The van der Waals surface area contributed by atoms with E-state index >= 15 is 0 Å². The van der Waals surface area contributed by atoms with E-state index in [0.29, 0.717) is 16.6 Å². The van der Waals surface area contributed by atoms with Crippen molar-refractivity contribution in [2.75, 3.05) is 5.43 Å². The molecule has 2 aromatic heterocycles. The third-order valence-corrected chi connectivity index (χ3v) is 3.35. The first-order chi connectivity index (χ1) is 10.2. The van der Waals surface area contributed by atoms with Gasteiger partial charge in [-0.25, -0.2) is 13.8 Å². The Kier molecular flexibility index (Phi) is 3.74. The summed E-state index contributed by atoms with van der Waals surface area (Å²) in [6, 6.07) is 6.89. The van der Waals surface area contributed by atoms with Crippen molar-refractivity contribution >= 4 is 22.7 Å². The Morgan fingerprint density at radius 3 is 2.95 bits per heavy atom. The summed E-state index contributed by atoms with van der Waals surface area (Å²) >= 11 is 1.27. The topological polar surface area (TPSA) is 50.4 Å². The summed E-state index contributed by atoms with van der Waals surface area (Å²) in [5.41, 5.74) is 3.39. The van der Waals surface area contributed by atoms with Crippen LogP contribution in [0.5, 0.6) is 0 Å². The summed E-state index contributed by atoms with van der Waals surface area (Å²) < 4.78 is 31.6. The van der Waals surface area contributed by atoms with Gasteiger partial charge in [-0.3, -0.25) is 5.43 Å². The van der Waals surface area contributed by atoms with Gasteiger partial charge in [-0.1, -0.05) is 0 Å². The van der Waals surface area contributed by atoms with Gasteiger partial charge in [0.1, 0.15) is 17.4 Å². The van der Waals surface area contributed by atoms with Crippen LogP contribution in [-0.2, 0) is 0 Å². The molecule has 3 aromatic rings. The molecule has 0 spiro atoms. The van der Waals surface area contributed by atoms with Crippen molar-refractivity contribution < 1.29 is 13.2 Å². The fourth-order valence-corrected chi connectivity index (χ4v) is 2.32. The molecule has 21 heavy (non-hydrogen) atoms. The number of nitrogens with one attached hydrogen (secondary N) is 1. The van der Waals surface area contributed by atoms with Crippen molar-refractivity contribution in [3.63, 3.8) is 0 Å². The smallest absolute Gasteiger partial charge is 0.203 e. The van der Waals surface area contributed by atoms with Crippen molar-refractivity contribution in [1.82, 2.24) is 4.98 Å². The molecule has 2 heterocycles. The third kappa shape index (κ3) is 3.14. The summed E-state index contributed by atoms with van der Waals surface area (Å²) in [6.45, 7) is 0. The highest BCUT2D eigenvalue weighted by atomic mass is 32.1. The van der Waals surface area contributed by atoms with Gasteiger partial charge in [0.15, 0.2) is 0 Å². The van der Waals surface area contributed by atoms with Gasteiger partial charge in [0.05, 0.1) is 18.2 Å². The molecule has 1 N–H and O–H groups in total. The zero-order valence-corrected chi connectivity index (χ0v) is 11.4. The van der Waals surface area contributed by atoms with Gasteiger partial charge in [0.2, 0.25) is 5.13 Å². The predicted molar refractivity (Wildman–Crippen MR) is 77.4 cm³/mol. The Bertz CT molecular complexity index is 768. The summed E-state index contributed by atoms with van der Waals surface area (Å²) in [5, 5.41) is 6.12. The maximum atomic E-state index is 13.6. The number of hydrazone groups is 1. The Hall–Kier alpha value is -2.54. The molecule has 0 unspecified atom stereocenters. The molecule has 0 saturated carbocycles. The van der Waals surface area contributed by atoms with Crippen molar-refractivity contribution in [2.45, 2.75) is 0 Å². The average Bonchev–Trinajstić information content (AvgIpc) is 3.10. The lowest BCUT2D eigenvalue weighted by atomic mass is 10.1. The minimum atomic E-state index is -0.647. The van der Waals surface area contributed by atoms with Gasteiger partial charge >= 0.3 is 0 Å². The lowest BCUT2D eigenvalue weighted by Gasteiger charge is -1.98. The van der Waals surface area contributed by atoms with Crippen LogP contribution in [0.3, 0.4) is 0 Å². The quantitative estimate of drug-likeness (QED) is 0.582. The molecule has 0 fully saturated rings. The van der Waals surface area contributed by atoms with E-state index in [1.807, 2.05) is 0 Å². The molecule has 0 aliphatic heterocycles. The number of furan rings is 1. The first kappa shape index (κ1) is 13.4. The standard InChI is InChI=1S/C14H9F2N3OS/c15-9-3-4-11(12(16)6-9)13-8-21-14(18-13)19-17-7-10-2-1-5-20-10/h1-8H,(H,18,19)/b17-7+. The fourth-order valence-electron chi connectivity index (χ4n) is 1.66. The van der Waals surface area contributed by atoms with Crippen molar-refractivity contribution in [2.24, 2.45) is 5.10 Å². The van der Waals surface area contributed by atoms with Gasteiger partial charge in [-0.2, -0.15) is 5.10 Å². The number of rotatable bonds is 4. The molecule has 0 atom stereocenters. The molecule has 4 nitrogen and oxygen atoms in total. The van der Waals surface area contributed by atoms with Gasteiger partial charge in [0, 0.05) is 17.0 Å². The van der Waals surface area contributed by atoms with E-state index in [4.69, 9.17) is 4.42 Å². The molecule has 0 radical (unpaired) electrons. The van der Waals surface area contributed by atoms with Gasteiger partial charge in [-0.15, -0.1) is 11.3 Å². The number of anilines is 1. The number of nitrogens with zero attached hydrogens (tertiary/aromatic N) is 2. The molecule has 0 aliphatic carbocycles. The highest BCUT2D eigenvalue weighted by Crippen LogP contribution is 2.27. The molecule has 0 saturated heterocycles. The Labute approximate surface area is 122 Å². The number of thiazole rings is 1. The van der Waals surface area contributed by atoms with Gasteiger partial charge in [-0.05, 0) is 24.3 Å². The monoisotopic (exact) mass is 305 g/mol. The summed E-state index contributed by atoms with van der Waals surface area (Å²) in [7, 11) is 0. The fraction of sp³-hybridized carbons (Fsp3) is 0. The second-order valence-electron chi connectivity index (χ2n) is 4.05. The maximum absolute atomic E-state index is 13.6. The molecule has 0 bridgehead atoms. The molecule has 106 valence electrons. The van der Waals surface area contributed by atoms with Crippen LogP contribution in [0.25, 0.3) is 11.3 Å². The van der Waals surface area contributed by atoms with Crippen LogP contribution in [0, 0.1) is 11.6 Å². The van der Waals surface area contributed by atoms with Crippen molar-refractivity contribution in [3.05, 3.63) is 59.4 Å². The summed E-state index contributed by atoms with van der Waals surface area (Å²) in [4.78, 5) is 4.19. The first-order valence-electron chi connectivity index (χ1n) is 5.96. The van der Waals surface area contributed by atoms with Crippen molar-refractivity contribution in [3.8, 4) is 11.3 Å². The molecular weight excluding hydrogens is 296 g/mol. The Morgan fingerprint density at radius 1 is 1.29 bits per heavy atom. The SMILES string of the molecule is Fc1ccc(-c2csc(N/N=C/c3ccco3)n2)c(F)c1. The number of aromatic nitrogens is 1. The lowest BCUT2D eigenvalue weighted by molar-refractivity contribution is 0.560. The number of hydrogen-bond acceptors (Lipinski definition) is 5. The maximum Gasteiger partial charge on any atom is 0.203 e. The second kappa shape index (κ2) is 5.84. The van der Waals surface area contributed by atoms with Crippen LogP contribution in [0.15, 0.2) is 51.5 Å². The molecule has 7 heteroatoms. The second-order valence-corrected chi connectivity index (χ2v) is 4.91. The minimum Gasteiger partial charge on any atom is -0.463 e. The van der Waals surface area contributed by atoms with Crippen LogP contribution in [0.4, 0.5) is 13.9 Å². The predicted octanol–water partition coefficient (Wildman–Crippen LogP) is 4.13. The van der Waals surface area contributed by atoms with Gasteiger partial charge < -0.3 is 4.42 Å². The molecular formula is C14H9F2N3OS. The molecule has 1 aromatic carbocycles. The third-order valence-electron chi connectivity index (χ3n) is 2.61. The van der Waals surface area contributed by atoms with E-state index in [9.17, 15) is 8.78 Å².